The lowest BCUT2D eigenvalue weighted by Gasteiger charge is -2.33. The highest BCUT2D eigenvalue weighted by Gasteiger charge is 2.26. The minimum absolute atomic E-state index is 0.107. The van der Waals surface area contributed by atoms with Crippen molar-refractivity contribution in [2.45, 2.75) is 46.3 Å². The number of fused-ring (bicyclic) bond motifs is 1. The number of anilines is 2. The number of rotatable bonds is 8. The van der Waals surface area contributed by atoms with E-state index in [0.717, 1.165) is 72.2 Å². The van der Waals surface area contributed by atoms with E-state index in [1.807, 2.05) is 59.7 Å². The molecule has 0 spiro atoms. The predicted octanol–water partition coefficient (Wildman–Crippen LogP) is 3.54. The SMILES string of the molecule is COCc1nc2ccccc2n1CC(=O)N1CCC[C@@H](Cc2cc(Nc3cc(C)[nH]n3)nc(C)n2)C1. The quantitative estimate of drug-likeness (QED) is 0.390. The van der Waals surface area contributed by atoms with E-state index in [1.165, 1.54) is 0 Å². The number of aryl methyl sites for hydroxylation is 2. The fraction of sp³-hybridized carbons (Fsp3) is 0.423. The third kappa shape index (κ3) is 5.38. The Kier molecular flexibility index (Phi) is 6.95. The number of nitrogens with one attached hydrogen (secondary N) is 2. The normalized spacial score (nSPS) is 16.0. The molecule has 10 nitrogen and oxygen atoms in total. The van der Waals surface area contributed by atoms with E-state index in [4.69, 9.17) is 4.74 Å². The molecule has 36 heavy (non-hydrogen) atoms. The summed E-state index contributed by atoms with van der Waals surface area (Å²) in [6.07, 6.45) is 2.84. The van der Waals surface area contributed by atoms with Crippen molar-refractivity contribution in [3.8, 4) is 0 Å². The van der Waals surface area contributed by atoms with Gasteiger partial charge in [0, 0.05) is 43.7 Å². The molecule has 2 N–H and O–H groups in total. The number of methoxy groups -OCH3 is 1. The monoisotopic (exact) mass is 488 g/mol. The summed E-state index contributed by atoms with van der Waals surface area (Å²) in [7, 11) is 1.65. The molecule has 1 aromatic carbocycles. The van der Waals surface area contributed by atoms with Crippen LogP contribution in [0.2, 0.25) is 0 Å². The number of piperidine rings is 1. The van der Waals surface area contributed by atoms with Crippen LogP contribution in [0.15, 0.2) is 36.4 Å². The number of amides is 1. The molecular weight excluding hydrogens is 456 g/mol. The van der Waals surface area contributed by atoms with Gasteiger partial charge in [-0.3, -0.25) is 9.89 Å². The fourth-order valence-electron chi connectivity index (χ4n) is 4.94. The molecule has 0 aliphatic carbocycles. The van der Waals surface area contributed by atoms with Crippen molar-refractivity contribution in [1.29, 1.82) is 0 Å². The lowest BCUT2D eigenvalue weighted by Crippen LogP contribution is -2.42. The largest absolute Gasteiger partial charge is 0.377 e. The number of H-pyrrole nitrogens is 1. The predicted molar refractivity (Wildman–Crippen MR) is 137 cm³/mol. The maximum atomic E-state index is 13.4. The van der Waals surface area contributed by atoms with Crippen molar-refractivity contribution in [2.24, 2.45) is 5.92 Å². The van der Waals surface area contributed by atoms with Gasteiger partial charge in [0.1, 0.15) is 30.6 Å². The van der Waals surface area contributed by atoms with E-state index < -0.39 is 0 Å². The van der Waals surface area contributed by atoms with Gasteiger partial charge in [-0.15, -0.1) is 0 Å². The molecule has 188 valence electrons. The molecule has 0 saturated carbocycles. The molecule has 1 fully saturated rings. The molecule has 0 bridgehead atoms. The van der Waals surface area contributed by atoms with Crippen LogP contribution in [-0.4, -0.2) is 60.7 Å². The molecular formula is C26H32N8O2. The number of hydrogen-bond donors (Lipinski definition) is 2. The molecule has 0 unspecified atom stereocenters. The first-order chi connectivity index (χ1) is 17.5. The zero-order valence-corrected chi connectivity index (χ0v) is 21.0. The number of nitrogens with zero attached hydrogens (tertiary/aromatic N) is 6. The highest BCUT2D eigenvalue weighted by atomic mass is 16.5. The van der Waals surface area contributed by atoms with Gasteiger partial charge in [0.15, 0.2) is 5.82 Å². The van der Waals surface area contributed by atoms with Gasteiger partial charge in [0.2, 0.25) is 5.91 Å². The molecule has 1 saturated heterocycles. The van der Waals surface area contributed by atoms with Crippen LogP contribution < -0.4 is 5.32 Å². The Morgan fingerprint density at radius 3 is 2.83 bits per heavy atom. The van der Waals surface area contributed by atoms with Crippen molar-refractivity contribution in [2.75, 3.05) is 25.5 Å². The number of carbonyl (C=O) groups excluding carboxylic acids is 1. The Morgan fingerprint density at radius 2 is 2.03 bits per heavy atom. The van der Waals surface area contributed by atoms with Gasteiger partial charge in [-0.25, -0.2) is 15.0 Å². The minimum atomic E-state index is 0.107. The molecule has 4 aromatic rings. The van der Waals surface area contributed by atoms with E-state index in [-0.39, 0.29) is 12.5 Å². The smallest absolute Gasteiger partial charge is 0.242 e. The zero-order chi connectivity index (χ0) is 25.1. The molecule has 1 atom stereocenters. The molecule has 5 rings (SSSR count). The third-order valence-corrected chi connectivity index (χ3v) is 6.52. The number of benzene rings is 1. The van der Waals surface area contributed by atoms with Crippen LogP contribution in [-0.2, 0) is 29.1 Å². The van der Waals surface area contributed by atoms with E-state index in [2.05, 4.69) is 30.5 Å². The first-order valence-electron chi connectivity index (χ1n) is 12.3. The van der Waals surface area contributed by atoms with Gasteiger partial charge in [-0.05, 0) is 51.2 Å². The van der Waals surface area contributed by atoms with Gasteiger partial charge in [-0.2, -0.15) is 5.10 Å². The van der Waals surface area contributed by atoms with Gasteiger partial charge < -0.3 is 19.5 Å². The van der Waals surface area contributed by atoms with E-state index in [1.54, 1.807) is 7.11 Å². The van der Waals surface area contributed by atoms with E-state index >= 15 is 0 Å². The average Bonchev–Trinajstić information content (AvgIpc) is 3.42. The molecule has 1 aliphatic rings. The van der Waals surface area contributed by atoms with Gasteiger partial charge in [0.05, 0.1) is 11.0 Å². The second-order valence-corrected chi connectivity index (χ2v) is 9.44. The second-order valence-electron chi connectivity index (χ2n) is 9.44. The van der Waals surface area contributed by atoms with Gasteiger partial charge in [-0.1, -0.05) is 12.1 Å². The highest BCUT2D eigenvalue weighted by molar-refractivity contribution is 5.81. The third-order valence-electron chi connectivity index (χ3n) is 6.52. The minimum Gasteiger partial charge on any atom is -0.377 e. The maximum Gasteiger partial charge on any atom is 0.242 e. The molecule has 0 radical (unpaired) electrons. The van der Waals surface area contributed by atoms with Crippen LogP contribution >= 0.6 is 0 Å². The Balaban J connectivity index is 1.26. The number of aromatic nitrogens is 6. The van der Waals surface area contributed by atoms with E-state index in [0.29, 0.717) is 18.3 Å². The Bertz CT molecular complexity index is 1360. The Labute approximate surface area is 210 Å². The Hall–Kier alpha value is -3.79. The molecule has 1 amide bonds. The Morgan fingerprint density at radius 1 is 1.17 bits per heavy atom. The summed E-state index contributed by atoms with van der Waals surface area (Å²) in [5, 5.41) is 10.4. The molecule has 1 aliphatic heterocycles. The highest BCUT2D eigenvalue weighted by Crippen LogP contribution is 2.23. The van der Waals surface area contributed by atoms with Crippen LogP contribution in [0.3, 0.4) is 0 Å². The van der Waals surface area contributed by atoms with Crippen molar-refractivity contribution < 1.29 is 9.53 Å². The summed E-state index contributed by atoms with van der Waals surface area (Å²) in [6.45, 7) is 5.97. The van der Waals surface area contributed by atoms with Crippen molar-refractivity contribution in [3.05, 3.63) is 59.4 Å². The lowest BCUT2D eigenvalue weighted by atomic mass is 9.93. The van der Waals surface area contributed by atoms with Crippen molar-refractivity contribution in [1.82, 2.24) is 34.6 Å². The fourth-order valence-corrected chi connectivity index (χ4v) is 4.94. The zero-order valence-electron chi connectivity index (χ0n) is 21.0. The number of likely N-dealkylation sites (tertiary alicyclic amines) is 1. The lowest BCUT2D eigenvalue weighted by molar-refractivity contribution is -0.133. The number of carbonyl (C=O) groups is 1. The van der Waals surface area contributed by atoms with Crippen LogP contribution in [0.25, 0.3) is 11.0 Å². The van der Waals surface area contributed by atoms with Gasteiger partial charge >= 0.3 is 0 Å². The standard InChI is InChI=1S/C26H32N8O2/c1-17-11-24(32-31-17)30-23-13-20(27-18(2)28-23)12-19-7-6-10-33(14-19)26(35)15-34-22-9-5-4-8-21(22)29-25(34)16-36-3/h4-5,8-9,11,13,19H,6-7,10,12,14-16H2,1-3H3,(H2,27,28,30,31,32)/t19-/m0/s1. The number of imidazole rings is 1. The summed E-state index contributed by atoms with van der Waals surface area (Å²) in [5.74, 6) is 3.38. The second kappa shape index (κ2) is 10.4. The summed E-state index contributed by atoms with van der Waals surface area (Å²) in [5.41, 5.74) is 3.78. The van der Waals surface area contributed by atoms with Crippen molar-refractivity contribution >= 4 is 28.6 Å². The van der Waals surface area contributed by atoms with Gasteiger partial charge in [0.25, 0.3) is 0 Å². The summed E-state index contributed by atoms with van der Waals surface area (Å²) < 4.78 is 7.31. The topological polar surface area (TPSA) is 114 Å². The number of hydrogen-bond acceptors (Lipinski definition) is 7. The van der Waals surface area contributed by atoms with Crippen LogP contribution in [0, 0.1) is 19.8 Å². The summed E-state index contributed by atoms with van der Waals surface area (Å²) in [4.78, 5) is 29.2. The molecule has 4 heterocycles. The maximum absolute atomic E-state index is 13.4. The van der Waals surface area contributed by atoms with Crippen LogP contribution in [0.1, 0.15) is 35.9 Å². The van der Waals surface area contributed by atoms with E-state index in [9.17, 15) is 4.79 Å². The number of ether oxygens (including phenoxy) is 1. The first kappa shape index (κ1) is 23.9. The van der Waals surface area contributed by atoms with Crippen molar-refractivity contribution in [3.63, 3.8) is 0 Å². The van der Waals surface area contributed by atoms with Crippen LogP contribution in [0.5, 0.6) is 0 Å². The number of aromatic amines is 1. The first-order valence-corrected chi connectivity index (χ1v) is 12.3. The number of para-hydroxylation sites is 2. The average molecular weight is 489 g/mol. The van der Waals surface area contributed by atoms with Crippen LogP contribution in [0.4, 0.5) is 11.6 Å². The summed E-state index contributed by atoms with van der Waals surface area (Å²) >= 11 is 0. The summed E-state index contributed by atoms with van der Waals surface area (Å²) in [6, 6.07) is 11.8. The molecule has 3 aromatic heterocycles. The molecule has 10 heteroatoms.